The van der Waals surface area contributed by atoms with E-state index >= 15 is 0 Å². The van der Waals surface area contributed by atoms with Crippen molar-refractivity contribution in [3.05, 3.63) is 46.0 Å². The average Bonchev–Trinajstić information content (AvgIpc) is 2.28. The summed E-state index contributed by atoms with van der Waals surface area (Å²) in [5.74, 6) is 0. The van der Waals surface area contributed by atoms with E-state index in [1.165, 1.54) is 0 Å². The summed E-state index contributed by atoms with van der Waals surface area (Å²) in [4.78, 5) is 0. The fourth-order valence-electron chi connectivity index (χ4n) is 1.75. The Kier molecular flexibility index (Phi) is 6.04. The van der Waals surface area contributed by atoms with Gasteiger partial charge in [-0.3, -0.25) is 0 Å². The lowest BCUT2D eigenvalue weighted by Gasteiger charge is -2.20. The molecule has 0 fully saturated rings. The van der Waals surface area contributed by atoms with Crippen molar-refractivity contribution in [1.29, 1.82) is 0 Å². The van der Waals surface area contributed by atoms with Crippen LogP contribution in [0.3, 0.4) is 0 Å². The SMILES string of the molecule is C=C(C)CC(NCCC)c1cccc(Cl)c1Cl. The molecule has 0 aromatic heterocycles. The zero-order valence-corrected chi connectivity index (χ0v) is 11.9. The second-order valence-electron chi connectivity index (χ2n) is 4.31. The van der Waals surface area contributed by atoms with Crippen LogP contribution in [0, 0.1) is 0 Å². The Bertz CT molecular complexity index is 388. The molecule has 1 rings (SSSR count). The van der Waals surface area contributed by atoms with Crippen LogP contribution in [0.5, 0.6) is 0 Å². The van der Waals surface area contributed by atoms with E-state index in [0.29, 0.717) is 10.0 Å². The highest BCUT2D eigenvalue weighted by atomic mass is 35.5. The maximum atomic E-state index is 6.25. The number of rotatable bonds is 6. The Labute approximate surface area is 114 Å². The van der Waals surface area contributed by atoms with Gasteiger partial charge in [0, 0.05) is 6.04 Å². The predicted octanol–water partition coefficient (Wildman–Crippen LogP) is 5.00. The third kappa shape index (κ3) is 4.34. The molecule has 0 spiro atoms. The molecular formula is C14H19Cl2N. The summed E-state index contributed by atoms with van der Waals surface area (Å²) in [6.45, 7) is 9.09. The van der Waals surface area contributed by atoms with Crippen LogP contribution < -0.4 is 5.32 Å². The zero-order chi connectivity index (χ0) is 12.8. The average molecular weight is 272 g/mol. The van der Waals surface area contributed by atoms with Gasteiger partial charge in [-0.25, -0.2) is 0 Å². The van der Waals surface area contributed by atoms with E-state index in [2.05, 4.69) is 18.8 Å². The van der Waals surface area contributed by atoms with E-state index < -0.39 is 0 Å². The molecule has 1 nitrogen and oxygen atoms in total. The molecule has 3 heteroatoms. The first-order valence-corrected chi connectivity index (χ1v) is 6.63. The Hall–Kier alpha value is -0.500. The van der Waals surface area contributed by atoms with E-state index in [-0.39, 0.29) is 6.04 Å². The van der Waals surface area contributed by atoms with Crippen LogP contribution in [0.15, 0.2) is 30.4 Å². The molecule has 0 heterocycles. The lowest BCUT2D eigenvalue weighted by atomic mass is 10.00. The normalized spacial score (nSPS) is 12.5. The van der Waals surface area contributed by atoms with Gasteiger partial charge in [-0.05, 0) is 37.9 Å². The molecule has 0 aliphatic rings. The molecule has 0 aliphatic heterocycles. The maximum Gasteiger partial charge on any atom is 0.0640 e. The molecule has 1 aromatic rings. The van der Waals surface area contributed by atoms with Gasteiger partial charge >= 0.3 is 0 Å². The Morgan fingerprint density at radius 2 is 2.12 bits per heavy atom. The Morgan fingerprint density at radius 3 is 2.71 bits per heavy atom. The van der Waals surface area contributed by atoms with Crippen molar-refractivity contribution in [2.45, 2.75) is 32.7 Å². The molecule has 1 atom stereocenters. The Morgan fingerprint density at radius 1 is 1.41 bits per heavy atom. The van der Waals surface area contributed by atoms with Gasteiger partial charge < -0.3 is 5.32 Å². The van der Waals surface area contributed by atoms with Crippen molar-refractivity contribution in [3.63, 3.8) is 0 Å². The lowest BCUT2D eigenvalue weighted by molar-refractivity contribution is 0.528. The van der Waals surface area contributed by atoms with Crippen molar-refractivity contribution in [3.8, 4) is 0 Å². The van der Waals surface area contributed by atoms with E-state index in [1.807, 2.05) is 25.1 Å². The molecule has 0 radical (unpaired) electrons. The van der Waals surface area contributed by atoms with Crippen LogP contribution in [-0.2, 0) is 0 Å². The molecule has 1 aromatic carbocycles. The molecule has 0 amide bonds. The summed E-state index contributed by atoms with van der Waals surface area (Å²) in [6, 6.07) is 5.96. The second kappa shape index (κ2) is 7.05. The minimum Gasteiger partial charge on any atom is -0.310 e. The molecular weight excluding hydrogens is 253 g/mol. The molecule has 17 heavy (non-hydrogen) atoms. The number of benzene rings is 1. The Balaban J connectivity index is 2.94. The number of hydrogen-bond donors (Lipinski definition) is 1. The topological polar surface area (TPSA) is 12.0 Å². The fraction of sp³-hybridized carbons (Fsp3) is 0.429. The lowest BCUT2D eigenvalue weighted by Crippen LogP contribution is -2.22. The van der Waals surface area contributed by atoms with Crippen molar-refractivity contribution < 1.29 is 0 Å². The van der Waals surface area contributed by atoms with Gasteiger partial charge in [0.2, 0.25) is 0 Å². The first-order chi connectivity index (χ1) is 8.06. The van der Waals surface area contributed by atoms with Crippen molar-refractivity contribution >= 4 is 23.2 Å². The smallest absolute Gasteiger partial charge is 0.0640 e. The first-order valence-electron chi connectivity index (χ1n) is 5.88. The summed E-state index contributed by atoms with van der Waals surface area (Å²) >= 11 is 12.3. The minimum atomic E-state index is 0.193. The first kappa shape index (κ1) is 14.6. The number of halogens is 2. The van der Waals surface area contributed by atoms with Crippen molar-refractivity contribution in [2.24, 2.45) is 0 Å². The van der Waals surface area contributed by atoms with Crippen LogP contribution in [0.1, 0.15) is 38.3 Å². The summed E-state index contributed by atoms with van der Waals surface area (Å²) < 4.78 is 0. The fourth-order valence-corrected chi connectivity index (χ4v) is 2.19. The van der Waals surface area contributed by atoms with Gasteiger partial charge in [0.1, 0.15) is 0 Å². The summed E-state index contributed by atoms with van der Waals surface area (Å²) in [7, 11) is 0. The molecule has 1 N–H and O–H groups in total. The molecule has 94 valence electrons. The standard InChI is InChI=1S/C14H19Cl2N/c1-4-8-17-13(9-10(2)3)11-6-5-7-12(15)14(11)16/h5-7,13,17H,2,4,8-9H2,1,3H3. The van der Waals surface area contributed by atoms with E-state index in [9.17, 15) is 0 Å². The van der Waals surface area contributed by atoms with Crippen LogP contribution in [-0.4, -0.2) is 6.54 Å². The third-order valence-electron chi connectivity index (χ3n) is 2.55. The predicted molar refractivity (Wildman–Crippen MR) is 76.9 cm³/mol. The van der Waals surface area contributed by atoms with Crippen molar-refractivity contribution in [2.75, 3.05) is 6.54 Å². The molecule has 0 saturated carbocycles. The minimum absolute atomic E-state index is 0.193. The van der Waals surface area contributed by atoms with E-state index in [4.69, 9.17) is 23.2 Å². The van der Waals surface area contributed by atoms with Crippen molar-refractivity contribution in [1.82, 2.24) is 5.32 Å². The van der Waals surface area contributed by atoms with Gasteiger partial charge in [-0.15, -0.1) is 6.58 Å². The van der Waals surface area contributed by atoms with Gasteiger partial charge in [0.25, 0.3) is 0 Å². The maximum absolute atomic E-state index is 6.25. The number of nitrogens with one attached hydrogen (secondary N) is 1. The molecule has 0 saturated heterocycles. The highest BCUT2D eigenvalue weighted by Gasteiger charge is 2.15. The molecule has 0 aliphatic carbocycles. The summed E-state index contributed by atoms with van der Waals surface area (Å²) in [5, 5.41) is 4.73. The quantitative estimate of drug-likeness (QED) is 0.718. The van der Waals surface area contributed by atoms with Gasteiger partial charge in [-0.2, -0.15) is 0 Å². The van der Waals surface area contributed by atoms with Gasteiger partial charge in [0.05, 0.1) is 10.0 Å². The van der Waals surface area contributed by atoms with Gasteiger partial charge in [-0.1, -0.05) is 47.8 Å². The molecule has 1 unspecified atom stereocenters. The van der Waals surface area contributed by atoms with Crippen LogP contribution in [0.25, 0.3) is 0 Å². The van der Waals surface area contributed by atoms with Crippen LogP contribution in [0.2, 0.25) is 10.0 Å². The molecule has 0 bridgehead atoms. The highest BCUT2D eigenvalue weighted by Crippen LogP contribution is 2.32. The largest absolute Gasteiger partial charge is 0.310 e. The highest BCUT2D eigenvalue weighted by molar-refractivity contribution is 6.42. The summed E-state index contributed by atoms with van der Waals surface area (Å²) in [6.07, 6.45) is 1.96. The van der Waals surface area contributed by atoms with Crippen LogP contribution in [0.4, 0.5) is 0 Å². The van der Waals surface area contributed by atoms with Gasteiger partial charge in [0.15, 0.2) is 0 Å². The third-order valence-corrected chi connectivity index (χ3v) is 3.38. The van der Waals surface area contributed by atoms with E-state index in [1.54, 1.807) is 0 Å². The van der Waals surface area contributed by atoms with Crippen LogP contribution >= 0.6 is 23.2 Å². The van der Waals surface area contributed by atoms with E-state index in [0.717, 1.165) is 30.5 Å². The number of hydrogen-bond acceptors (Lipinski definition) is 1. The second-order valence-corrected chi connectivity index (χ2v) is 5.10. The monoisotopic (exact) mass is 271 g/mol. The zero-order valence-electron chi connectivity index (χ0n) is 10.4. The summed E-state index contributed by atoms with van der Waals surface area (Å²) in [5.41, 5.74) is 2.19.